The summed E-state index contributed by atoms with van der Waals surface area (Å²) in [6.45, 7) is 0.293. The second kappa shape index (κ2) is 7.64. The Labute approximate surface area is 136 Å². The van der Waals surface area contributed by atoms with Crippen molar-refractivity contribution in [3.05, 3.63) is 57.7 Å². The van der Waals surface area contributed by atoms with Gasteiger partial charge in [-0.05, 0) is 59.0 Å². The van der Waals surface area contributed by atoms with Crippen molar-refractivity contribution in [2.75, 3.05) is 11.9 Å². The van der Waals surface area contributed by atoms with Gasteiger partial charge in [0.15, 0.2) is 0 Å². The third-order valence-corrected chi connectivity index (χ3v) is 3.45. The first-order valence-electron chi connectivity index (χ1n) is 6.36. The minimum Gasteiger partial charge on any atom is -0.493 e. The van der Waals surface area contributed by atoms with E-state index >= 15 is 0 Å². The predicted octanol–water partition coefficient (Wildman–Crippen LogP) is 3.57. The van der Waals surface area contributed by atoms with Gasteiger partial charge in [0.1, 0.15) is 11.8 Å². The molecule has 0 saturated carbocycles. The molecule has 0 bridgehead atoms. The first kappa shape index (κ1) is 15.3. The van der Waals surface area contributed by atoms with E-state index < -0.39 is 0 Å². The average molecular weight is 392 g/mol. The zero-order chi connectivity index (χ0) is 15.1. The molecule has 0 aliphatic carbocycles. The maximum Gasteiger partial charge on any atom is 0.227 e. The topological polar surface area (TPSA) is 62.1 Å². The average Bonchev–Trinajstić information content (AvgIpc) is 2.50. The lowest BCUT2D eigenvalue weighted by Crippen LogP contribution is -2.15. The Morgan fingerprint density at radius 1 is 1.19 bits per heavy atom. The van der Waals surface area contributed by atoms with Crippen LogP contribution in [0.3, 0.4) is 0 Å². The molecule has 0 unspecified atom stereocenters. The molecule has 5 heteroatoms. The molecule has 0 radical (unpaired) electrons. The highest BCUT2D eigenvalue weighted by Crippen LogP contribution is 2.15. The van der Waals surface area contributed by atoms with Crippen LogP contribution in [0.1, 0.15) is 12.0 Å². The van der Waals surface area contributed by atoms with Crippen LogP contribution in [0, 0.1) is 14.9 Å². The van der Waals surface area contributed by atoms with Crippen molar-refractivity contribution < 1.29 is 9.53 Å². The van der Waals surface area contributed by atoms with Gasteiger partial charge in [0.2, 0.25) is 5.91 Å². The fraction of sp³-hybridized carbons (Fsp3) is 0.125. The lowest BCUT2D eigenvalue weighted by Gasteiger charge is -2.08. The predicted molar refractivity (Wildman–Crippen MR) is 89.1 cm³/mol. The molecule has 0 fully saturated rings. The third-order valence-electron chi connectivity index (χ3n) is 2.73. The van der Waals surface area contributed by atoms with Crippen LogP contribution in [0.15, 0.2) is 48.5 Å². The Morgan fingerprint density at radius 3 is 2.62 bits per heavy atom. The molecule has 0 saturated heterocycles. The Bertz CT molecular complexity index is 663. The molecule has 0 heterocycles. The van der Waals surface area contributed by atoms with Gasteiger partial charge >= 0.3 is 0 Å². The summed E-state index contributed by atoms with van der Waals surface area (Å²) in [5.41, 5.74) is 0.976. The Kier molecular flexibility index (Phi) is 5.58. The molecule has 21 heavy (non-hydrogen) atoms. The molecule has 0 aromatic heterocycles. The Hall–Kier alpha value is -2.07. The SMILES string of the molecule is N#Cc1ccccc1NC(=O)CCOc1ccc(I)cc1. The van der Waals surface area contributed by atoms with Crippen molar-refractivity contribution in [3.8, 4) is 11.8 Å². The minimum atomic E-state index is -0.178. The molecule has 2 rings (SSSR count). The van der Waals surface area contributed by atoms with Gasteiger partial charge in [-0.3, -0.25) is 4.79 Å². The van der Waals surface area contributed by atoms with E-state index in [4.69, 9.17) is 10.00 Å². The molecular formula is C16H13IN2O2. The number of anilines is 1. The molecule has 2 aromatic carbocycles. The van der Waals surface area contributed by atoms with Crippen molar-refractivity contribution in [3.63, 3.8) is 0 Å². The van der Waals surface area contributed by atoms with Crippen molar-refractivity contribution >= 4 is 34.2 Å². The summed E-state index contributed by atoms with van der Waals surface area (Å²) >= 11 is 2.22. The maximum atomic E-state index is 11.8. The molecular weight excluding hydrogens is 379 g/mol. The summed E-state index contributed by atoms with van der Waals surface area (Å²) in [5, 5.41) is 11.7. The number of hydrogen-bond acceptors (Lipinski definition) is 3. The van der Waals surface area contributed by atoms with Crippen LogP contribution in [0.4, 0.5) is 5.69 Å². The van der Waals surface area contributed by atoms with Gasteiger partial charge in [-0.25, -0.2) is 0 Å². The summed E-state index contributed by atoms with van der Waals surface area (Å²) < 4.78 is 6.63. The molecule has 0 spiro atoms. The number of nitrogens with zero attached hydrogens (tertiary/aromatic N) is 1. The van der Waals surface area contributed by atoms with Crippen LogP contribution in [-0.4, -0.2) is 12.5 Å². The lowest BCUT2D eigenvalue weighted by molar-refractivity contribution is -0.116. The highest BCUT2D eigenvalue weighted by molar-refractivity contribution is 14.1. The van der Waals surface area contributed by atoms with E-state index in [0.717, 1.165) is 9.32 Å². The van der Waals surface area contributed by atoms with E-state index in [0.29, 0.717) is 17.9 Å². The van der Waals surface area contributed by atoms with E-state index in [-0.39, 0.29) is 12.3 Å². The summed E-state index contributed by atoms with van der Waals surface area (Å²) in [5.74, 6) is 0.559. The number of halogens is 1. The first-order chi connectivity index (χ1) is 10.2. The van der Waals surface area contributed by atoms with Gasteiger partial charge in [-0.2, -0.15) is 5.26 Å². The normalized spacial score (nSPS) is 9.71. The summed E-state index contributed by atoms with van der Waals surface area (Å²) in [6.07, 6.45) is 0.228. The number of rotatable bonds is 5. The van der Waals surface area contributed by atoms with Crippen molar-refractivity contribution in [2.45, 2.75) is 6.42 Å². The molecule has 4 nitrogen and oxygen atoms in total. The van der Waals surface area contributed by atoms with Gasteiger partial charge in [0.05, 0.1) is 24.3 Å². The number of carbonyl (C=O) groups excluding carboxylic acids is 1. The van der Waals surface area contributed by atoms with E-state index in [2.05, 4.69) is 27.9 Å². The number of nitrogens with one attached hydrogen (secondary N) is 1. The molecule has 2 aromatic rings. The van der Waals surface area contributed by atoms with Gasteiger partial charge in [0.25, 0.3) is 0 Å². The van der Waals surface area contributed by atoms with Crippen LogP contribution in [0.5, 0.6) is 5.75 Å². The zero-order valence-electron chi connectivity index (χ0n) is 11.2. The minimum absolute atomic E-state index is 0.178. The first-order valence-corrected chi connectivity index (χ1v) is 7.44. The largest absolute Gasteiger partial charge is 0.493 e. The number of benzene rings is 2. The van der Waals surface area contributed by atoms with E-state index in [1.54, 1.807) is 24.3 Å². The smallest absolute Gasteiger partial charge is 0.227 e. The third kappa shape index (κ3) is 4.76. The number of hydrogen-bond donors (Lipinski definition) is 1. The fourth-order valence-electron chi connectivity index (χ4n) is 1.69. The molecule has 1 N–H and O–H groups in total. The standard InChI is InChI=1S/C16H13IN2O2/c17-13-5-7-14(8-6-13)21-10-9-16(20)19-15-4-2-1-3-12(15)11-18/h1-8H,9-10H2,(H,19,20). The van der Waals surface area contributed by atoms with Gasteiger partial charge in [-0.15, -0.1) is 0 Å². The van der Waals surface area contributed by atoms with E-state index in [1.165, 1.54) is 0 Å². The number of carbonyl (C=O) groups is 1. The van der Waals surface area contributed by atoms with Crippen molar-refractivity contribution in [2.24, 2.45) is 0 Å². The van der Waals surface area contributed by atoms with Crippen LogP contribution in [0.2, 0.25) is 0 Å². The zero-order valence-corrected chi connectivity index (χ0v) is 13.3. The van der Waals surface area contributed by atoms with Crippen LogP contribution in [0.25, 0.3) is 0 Å². The molecule has 0 aliphatic rings. The maximum absolute atomic E-state index is 11.8. The highest BCUT2D eigenvalue weighted by atomic mass is 127. The number of para-hydroxylation sites is 1. The van der Waals surface area contributed by atoms with Crippen molar-refractivity contribution in [1.82, 2.24) is 0 Å². The molecule has 1 amide bonds. The molecule has 0 atom stereocenters. The van der Waals surface area contributed by atoms with E-state index in [1.807, 2.05) is 30.3 Å². The van der Waals surface area contributed by atoms with E-state index in [9.17, 15) is 4.79 Å². The summed E-state index contributed by atoms with van der Waals surface area (Å²) in [7, 11) is 0. The number of nitriles is 1. The van der Waals surface area contributed by atoms with Crippen LogP contribution >= 0.6 is 22.6 Å². The monoisotopic (exact) mass is 392 g/mol. The number of amides is 1. The fourth-order valence-corrected chi connectivity index (χ4v) is 2.05. The quantitative estimate of drug-likeness (QED) is 0.792. The Balaban J connectivity index is 1.82. The van der Waals surface area contributed by atoms with Crippen LogP contribution in [-0.2, 0) is 4.79 Å². The molecule has 0 aliphatic heterocycles. The van der Waals surface area contributed by atoms with Crippen LogP contribution < -0.4 is 10.1 Å². The number of ether oxygens (including phenoxy) is 1. The van der Waals surface area contributed by atoms with Gasteiger partial charge in [-0.1, -0.05) is 12.1 Å². The highest BCUT2D eigenvalue weighted by Gasteiger charge is 2.06. The summed E-state index contributed by atoms with van der Waals surface area (Å²) in [6, 6.07) is 16.6. The van der Waals surface area contributed by atoms with Gasteiger partial charge < -0.3 is 10.1 Å². The van der Waals surface area contributed by atoms with Gasteiger partial charge in [0, 0.05) is 3.57 Å². The molecule has 106 valence electrons. The second-order valence-electron chi connectivity index (χ2n) is 4.26. The Morgan fingerprint density at radius 2 is 1.90 bits per heavy atom. The lowest BCUT2D eigenvalue weighted by atomic mass is 10.2. The second-order valence-corrected chi connectivity index (χ2v) is 5.50. The van der Waals surface area contributed by atoms with Crippen molar-refractivity contribution in [1.29, 1.82) is 5.26 Å². The summed E-state index contributed by atoms with van der Waals surface area (Å²) in [4.78, 5) is 11.8.